The third kappa shape index (κ3) is 5.78. The summed E-state index contributed by atoms with van der Waals surface area (Å²) in [5, 5.41) is 10.3. The smallest absolute Gasteiger partial charge is 0.196 e. The number of aryl methyl sites for hydroxylation is 1. The minimum atomic E-state index is 0.319. The molecule has 1 heterocycles. The molecule has 0 radical (unpaired) electrons. The zero-order valence-corrected chi connectivity index (χ0v) is 18.7. The zero-order valence-electron chi connectivity index (χ0n) is 17.1. The van der Waals surface area contributed by atoms with Crippen molar-refractivity contribution in [1.82, 2.24) is 14.8 Å². The van der Waals surface area contributed by atoms with E-state index >= 15 is 0 Å². The van der Waals surface area contributed by atoms with Crippen LogP contribution in [-0.4, -0.2) is 20.5 Å². The molecule has 0 N–H and O–H groups in total. The highest BCUT2D eigenvalue weighted by Gasteiger charge is 2.15. The molecule has 156 valence electrons. The van der Waals surface area contributed by atoms with E-state index in [4.69, 9.17) is 16.3 Å². The second-order valence-electron chi connectivity index (χ2n) is 6.94. The Morgan fingerprint density at radius 3 is 2.42 bits per heavy atom. The van der Waals surface area contributed by atoms with Gasteiger partial charge in [0.1, 0.15) is 12.4 Å². The molecule has 0 saturated carbocycles. The van der Waals surface area contributed by atoms with Crippen LogP contribution in [0, 0.1) is 6.92 Å². The van der Waals surface area contributed by atoms with E-state index in [-0.39, 0.29) is 0 Å². The molecule has 0 aliphatic rings. The van der Waals surface area contributed by atoms with Crippen LogP contribution < -0.4 is 4.74 Å². The molecule has 0 aliphatic heterocycles. The first-order valence-corrected chi connectivity index (χ1v) is 11.3. The van der Waals surface area contributed by atoms with Crippen LogP contribution >= 0.6 is 23.4 Å². The van der Waals surface area contributed by atoms with Gasteiger partial charge in [0.05, 0.1) is 0 Å². The number of hydrogen-bond acceptors (Lipinski definition) is 4. The summed E-state index contributed by atoms with van der Waals surface area (Å²) in [7, 11) is 0. The molecule has 4 nitrogen and oxygen atoms in total. The third-order valence-corrected chi connectivity index (χ3v) is 5.73. The molecule has 0 atom stereocenters. The maximum atomic E-state index is 6.09. The van der Waals surface area contributed by atoms with Crippen LogP contribution in [0.1, 0.15) is 17.0 Å². The van der Waals surface area contributed by atoms with E-state index < -0.39 is 0 Å². The van der Waals surface area contributed by atoms with Crippen LogP contribution in [-0.2, 0) is 6.61 Å². The minimum Gasteiger partial charge on any atom is -0.486 e. The molecular weight excluding hydrogens is 426 g/mol. The highest BCUT2D eigenvalue weighted by atomic mass is 35.5. The fraction of sp³-hybridized carbons (Fsp3) is 0.120. The van der Waals surface area contributed by atoms with Crippen LogP contribution in [0.3, 0.4) is 0 Å². The molecule has 0 bridgehead atoms. The van der Waals surface area contributed by atoms with E-state index in [1.807, 2.05) is 71.3 Å². The molecule has 0 spiro atoms. The quantitative estimate of drug-likeness (QED) is 0.285. The molecule has 1 aromatic heterocycles. The summed E-state index contributed by atoms with van der Waals surface area (Å²) in [6.07, 6.45) is 4.24. The lowest BCUT2D eigenvalue weighted by atomic mass is 10.2. The second-order valence-corrected chi connectivity index (χ2v) is 8.36. The number of halogens is 1. The van der Waals surface area contributed by atoms with Gasteiger partial charge in [0, 0.05) is 16.5 Å². The molecule has 0 amide bonds. The lowest BCUT2D eigenvalue weighted by Crippen LogP contribution is -2.06. The normalized spacial score (nSPS) is 11.2. The minimum absolute atomic E-state index is 0.319. The Morgan fingerprint density at radius 1 is 0.935 bits per heavy atom. The molecular formula is C25H22ClN3OS. The van der Waals surface area contributed by atoms with Crippen LogP contribution in [0.25, 0.3) is 11.8 Å². The lowest BCUT2D eigenvalue weighted by molar-refractivity contribution is 0.293. The Morgan fingerprint density at radius 2 is 1.68 bits per heavy atom. The van der Waals surface area contributed by atoms with Crippen LogP contribution in [0.2, 0.25) is 5.02 Å². The van der Waals surface area contributed by atoms with Crippen LogP contribution in [0.4, 0.5) is 0 Å². The molecule has 3 aromatic carbocycles. The molecule has 6 heteroatoms. The van der Waals surface area contributed by atoms with Gasteiger partial charge in [-0.3, -0.25) is 4.57 Å². The summed E-state index contributed by atoms with van der Waals surface area (Å²) in [4.78, 5) is 0. The van der Waals surface area contributed by atoms with Gasteiger partial charge in [-0.15, -0.1) is 10.2 Å². The average Bonchev–Trinajstić information content (AvgIpc) is 3.20. The van der Waals surface area contributed by atoms with Gasteiger partial charge in [0.2, 0.25) is 0 Å². The Labute approximate surface area is 191 Å². The van der Waals surface area contributed by atoms with Gasteiger partial charge < -0.3 is 4.74 Å². The Hall–Kier alpha value is -3.02. The number of benzene rings is 3. The van der Waals surface area contributed by atoms with E-state index in [1.165, 1.54) is 11.1 Å². The molecule has 0 fully saturated rings. The van der Waals surface area contributed by atoms with Gasteiger partial charge in [0.15, 0.2) is 11.0 Å². The Kier molecular flexibility index (Phi) is 7.07. The van der Waals surface area contributed by atoms with Crippen molar-refractivity contribution in [3.63, 3.8) is 0 Å². The fourth-order valence-corrected chi connectivity index (χ4v) is 3.90. The summed E-state index contributed by atoms with van der Waals surface area (Å²) in [6.45, 7) is 2.37. The summed E-state index contributed by atoms with van der Waals surface area (Å²) >= 11 is 7.71. The van der Waals surface area contributed by atoms with Gasteiger partial charge in [-0.1, -0.05) is 83.5 Å². The summed E-state index contributed by atoms with van der Waals surface area (Å²) < 4.78 is 7.98. The van der Waals surface area contributed by atoms with Crippen molar-refractivity contribution in [2.75, 3.05) is 5.75 Å². The number of rotatable bonds is 8. The first-order chi connectivity index (χ1) is 15.2. The van der Waals surface area contributed by atoms with Crippen molar-refractivity contribution < 1.29 is 4.74 Å². The van der Waals surface area contributed by atoms with E-state index in [2.05, 4.69) is 41.4 Å². The van der Waals surface area contributed by atoms with Crippen molar-refractivity contribution >= 4 is 29.4 Å². The van der Waals surface area contributed by atoms with Crippen LogP contribution in [0.5, 0.6) is 5.75 Å². The molecule has 4 aromatic rings. The third-order valence-electron chi connectivity index (χ3n) is 4.59. The number of hydrogen-bond donors (Lipinski definition) is 0. The summed E-state index contributed by atoms with van der Waals surface area (Å²) in [6, 6.07) is 25.9. The molecule has 0 aliphatic carbocycles. The predicted octanol–water partition coefficient (Wildman–Crippen LogP) is 6.61. The first-order valence-electron chi connectivity index (χ1n) is 9.93. The van der Waals surface area contributed by atoms with E-state index in [1.54, 1.807) is 11.8 Å². The van der Waals surface area contributed by atoms with E-state index in [9.17, 15) is 0 Å². The Bertz CT molecular complexity index is 1140. The van der Waals surface area contributed by atoms with Crippen molar-refractivity contribution in [3.05, 3.63) is 107 Å². The number of thioether (sulfide) groups is 1. The highest BCUT2D eigenvalue weighted by molar-refractivity contribution is 7.99. The van der Waals surface area contributed by atoms with E-state index in [0.717, 1.165) is 28.2 Å². The zero-order chi connectivity index (χ0) is 21.5. The predicted molar refractivity (Wildman–Crippen MR) is 128 cm³/mol. The van der Waals surface area contributed by atoms with Gasteiger partial charge >= 0.3 is 0 Å². The standard InChI is InChI=1S/C25H22ClN3OS/c1-19-9-15-23(16-10-19)30-18-24-27-28-25(29(24)22-13-11-21(26)12-14-22)31-17-5-8-20-6-3-2-4-7-20/h2-16H,17-18H2,1H3/b8-5+. The number of nitrogens with zero attached hydrogens (tertiary/aromatic N) is 3. The Balaban J connectivity index is 1.52. The maximum Gasteiger partial charge on any atom is 0.196 e. The van der Waals surface area contributed by atoms with Crippen molar-refractivity contribution in [2.45, 2.75) is 18.7 Å². The first kappa shape index (κ1) is 21.2. The fourth-order valence-electron chi connectivity index (χ4n) is 2.99. The van der Waals surface area contributed by atoms with Crippen molar-refractivity contribution in [2.24, 2.45) is 0 Å². The topological polar surface area (TPSA) is 39.9 Å². The van der Waals surface area contributed by atoms with Crippen LogP contribution in [0.15, 0.2) is 90.1 Å². The number of ether oxygens (including phenoxy) is 1. The van der Waals surface area contributed by atoms with E-state index in [0.29, 0.717) is 11.6 Å². The van der Waals surface area contributed by atoms with Gasteiger partial charge in [-0.2, -0.15) is 0 Å². The highest BCUT2D eigenvalue weighted by Crippen LogP contribution is 2.24. The number of aromatic nitrogens is 3. The lowest BCUT2D eigenvalue weighted by Gasteiger charge is -2.11. The average molecular weight is 448 g/mol. The van der Waals surface area contributed by atoms with Gasteiger partial charge in [-0.05, 0) is 48.9 Å². The van der Waals surface area contributed by atoms with Crippen molar-refractivity contribution in [1.29, 1.82) is 0 Å². The molecule has 0 unspecified atom stereocenters. The maximum absolute atomic E-state index is 6.09. The SMILES string of the molecule is Cc1ccc(OCc2nnc(SC/C=C/c3ccccc3)n2-c2ccc(Cl)cc2)cc1. The molecule has 31 heavy (non-hydrogen) atoms. The second kappa shape index (κ2) is 10.3. The van der Waals surface area contributed by atoms with Gasteiger partial charge in [-0.25, -0.2) is 0 Å². The summed E-state index contributed by atoms with van der Waals surface area (Å²) in [5.41, 5.74) is 3.32. The molecule has 0 saturated heterocycles. The van der Waals surface area contributed by atoms with Crippen molar-refractivity contribution in [3.8, 4) is 11.4 Å². The monoisotopic (exact) mass is 447 g/mol. The van der Waals surface area contributed by atoms with Gasteiger partial charge in [0.25, 0.3) is 0 Å². The summed E-state index contributed by atoms with van der Waals surface area (Å²) in [5.74, 6) is 2.31. The molecule has 4 rings (SSSR count). The largest absolute Gasteiger partial charge is 0.486 e.